The molecule has 0 saturated heterocycles. The Kier molecular flexibility index (Phi) is 4.07. The lowest BCUT2D eigenvalue weighted by molar-refractivity contribution is -0.130. The normalized spacial score (nSPS) is 39.8. The molecule has 0 aliphatic heterocycles. The van der Waals surface area contributed by atoms with Gasteiger partial charge in [0.2, 0.25) is 5.91 Å². The molecule has 0 aromatic rings. The maximum absolute atomic E-state index is 12.4. The molecule has 4 aliphatic carbocycles. The minimum atomic E-state index is 0.154. The predicted molar refractivity (Wildman–Crippen MR) is 79.1 cm³/mol. The summed E-state index contributed by atoms with van der Waals surface area (Å²) in [6.07, 6.45) is 10.5. The maximum atomic E-state index is 12.4. The Hall–Kier alpha value is -0.570. The fourth-order valence-corrected chi connectivity index (χ4v) is 5.66. The lowest BCUT2D eigenvalue weighted by atomic mass is 9.49. The van der Waals surface area contributed by atoms with Crippen molar-refractivity contribution in [3.63, 3.8) is 0 Å². The van der Waals surface area contributed by atoms with Crippen LogP contribution >= 0.6 is 0 Å². The average molecular weight is 279 g/mol. The Labute approximate surface area is 122 Å². The number of hydrogen-bond acceptors (Lipinski definition) is 2. The summed E-state index contributed by atoms with van der Waals surface area (Å²) in [5.74, 6) is 2.96. The van der Waals surface area contributed by atoms with Gasteiger partial charge in [-0.2, -0.15) is 0 Å². The molecule has 20 heavy (non-hydrogen) atoms. The molecule has 4 fully saturated rings. The van der Waals surface area contributed by atoms with Gasteiger partial charge in [0.1, 0.15) is 0 Å². The first kappa shape index (κ1) is 14.4. The number of carbonyl (C=O) groups excluding carboxylic acids is 1. The standard InChI is InChI=1S/C17H29NO2/c1-2-15(3-4-19)18-16(20)11-17-8-12-5-13(9-17)7-14(6-12)10-17/h12-15,19H,2-11H2,1H3,(H,18,20). The zero-order valence-corrected chi connectivity index (χ0v) is 12.7. The van der Waals surface area contributed by atoms with Crippen LogP contribution in [0.2, 0.25) is 0 Å². The van der Waals surface area contributed by atoms with Crippen molar-refractivity contribution in [3.8, 4) is 0 Å². The quantitative estimate of drug-likeness (QED) is 0.785. The highest BCUT2D eigenvalue weighted by atomic mass is 16.3. The summed E-state index contributed by atoms with van der Waals surface area (Å²) in [6.45, 7) is 2.24. The van der Waals surface area contributed by atoms with Crippen LogP contribution in [0.3, 0.4) is 0 Å². The molecular weight excluding hydrogens is 250 g/mol. The van der Waals surface area contributed by atoms with Gasteiger partial charge in [-0.25, -0.2) is 0 Å². The van der Waals surface area contributed by atoms with Crippen LogP contribution in [0.5, 0.6) is 0 Å². The van der Waals surface area contributed by atoms with E-state index in [0.717, 1.165) is 30.6 Å². The van der Waals surface area contributed by atoms with E-state index in [9.17, 15) is 4.79 Å². The molecule has 3 nitrogen and oxygen atoms in total. The van der Waals surface area contributed by atoms with E-state index < -0.39 is 0 Å². The van der Waals surface area contributed by atoms with Crippen LogP contribution in [0.1, 0.15) is 64.7 Å². The molecule has 0 spiro atoms. The second-order valence-electron chi connectivity index (χ2n) is 7.78. The van der Waals surface area contributed by atoms with E-state index in [2.05, 4.69) is 12.2 Å². The number of nitrogens with one attached hydrogen (secondary N) is 1. The highest BCUT2D eigenvalue weighted by Gasteiger charge is 2.51. The molecule has 4 bridgehead atoms. The van der Waals surface area contributed by atoms with Crippen LogP contribution in [0, 0.1) is 23.2 Å². The minimum Gasteiger partial charge on any atom is -0.396 e. The lowest BCUT2D eigenvalue weighted by Gasteiger charge is -2.56. The number of amides is 1. The summed E-state index contributed by atoms with van der Waals surface area (Å²) in [7, 11) is 0. The van der Waals surface area contributed by atoms with Gasteiger partial charge in [0.25, 0.3) is 0 Å². The van der Waals surface area contributed by atoms with Crippen LogP contribution in [0.4, 0.5) is 0 Å². The zero-order chi connectivity index (χ0) is 14.2. The Morgan fingerprint density at radius 2 is 1.75 bits per heavy atom. The summed E-state index contributed by atoms with van der Waals surface area (Å²) < 4.78 is 0. The monoisotopic (exact) mass is 279 g/mol. The Bertz CT molecular complexity index is 331. The first-order valence-electron chi connectivity index (χ1n) is 8.52. The van der Waals surface area contributed by atoms with Gasteiger partial charge in [-0.05, 0) is 74.5 Å². The van der Waals surface area contributed by atoms with Crippen molar-refractivity contribution in [1.29, 1.82) is 0 Å². The Morgan fingerprint density at radius 3 is 2.20 bits per heavy atom. The van der Waals surface area contributed by atoms with Crippen LogP contribution in [-0.2, 0) is 4.79 Å². The average Bonchev–Trinajstić information content (AvgIpc) is 2.35. The van der Waals surface area contributed by atoms with Crippen LogP contribution in [0.15, 0.2) is 0 Å². The molecule has 4 aliphatic rings. The van der Waals surface area contributed by atoms with E-state index in [-0.39, 0.29) is 18.6 Å². The molecule has 0 aromatic heterocycles. The van der Waals surface area contributed by atoms with Gasteiger partial charge in [0.15, 0.2) is 0 Å². The minimum absolute atomic E-state index is 0.154. The third-order valence-corrected chi connectivity index (χ3v) is 6.04. The molecule has 2 N–H and O–H groups in total. The Balaban J connectivity index is 1.58. The zero-order valence-electron chi connectivity index (χ0n) is 12.7. The van der Waals surface area contributed by atoms with Crippen molar-refractivity contribution >= 4 is 5.91 Å². The lowest BCUT2D eigenvalue weighted by Crippen LogP contribution is -2.48. The van der Waals surface area contributed by atoms with Crippen molar-refractivity contribution in [2.24, 2.45) is 23.2 Å². The van der Waals surface area contributed by atoms with Gasteiger partial charge in [-0.3, -0.25) is 4.79 Å². The van der Waals surface area contributed by atoms with Gasteiger partial charge in [0, 0.05) is 19.1 Å². The van der Waals surface area contributed by atoms with Crippen molar-refractivity contribution in [1.82, 2.24) is 5.32 Å². The molecular formula is C17H29NO2. The summed E-state index contributed by atoms with van der Waals surface area (Å²) in [6, 6.07) is 0.154. The van der Waals surface area contributed by atoms with E-state index in [0.29, 0.717) is 11.8 Å². The van der Waals surface area contributed by atoms with Crippen molar-refractivity contribution in [2.45, 2.75) is 70.8 Å². The molecule has 1 unspecified atom stereocenters. The van der Waals surface area contributed by atoms with E-state index in [1.54, 1.807) is 0 Å². The van der Waals surface area contributed by atoms with Crippen molar-refractivity contribution < 1.29 is 9.90 Å². The number of rotatable bonds is 6. The second-order valence-corrected chi connectivity index (χ2v) is 7.78. The highest BCUT2D eigenvalue weighted by Crippen LogP contribution is 2.61. The molecule has 0 heterocycles. The highest BCUT2D eigenvalue weighted by molar-refractivity contribution is 5.77. The number of carbonyl (C=O) groups is 1. The SMILES string of the molecule is CCC(CCO)NC(=O)CC12CC3CC(CC(C3)C1)C2. The third-order valence-electron chi connectivity index (χ3n) is 6.04. The fourth-order valence-electron chi connectivity index (χ4n) is 5.66. The number of aliphatic hydroxyl groups is 1. The van der Waals surface area contributed by atoms with E-state index in [4.69, 9.17) is 5.11 Å². The summed E-state index contributed by atoms with van der Waals surface area (Å²) in [5.41, 5.74) is 0.330. The molecule has 0 aromatic carbocycles. The van der Waals surface area contributed by atoms with E-state index in [1.165, 1.54) is 38.5 Å². The second kappa shape index (κ2) is 5.67. The molecule has 4 rings (SSSR count). The van der Waals surface area contributed by atoms with Gasteiger partial charge in [0.05, 0.1) is 0 Å². The van der Waals surface area contributed by atoms with E-state index in [1.807, 2.05) is 0 Å². The van der Waals surface area contributed by atoms with Crippen molar-refractivity contribution in [2.75, 3.05) is 6.61 Å². The van der Waals surface area contributed by atoms with Gasteiger partial charge in [-0.15, -0.1) is 0 Å². The smallest absolute Gasteiger partial charge is 0.220 e. The number of hydrogen-bond donors (Lipinski definition) is 2. The van der Waals surface area contributed by atoms with Crippen LogP contribution < -0.4 is 5.32 Å². The largest absolute Gasteiger partial charge is 0.396 e. The molecule has 4 saturated carbocycles. The summed E-state index contributed by atoms with van der Waals surface area (Å²) in [4.78, 5) is 12.4. The van der Waals surface area contributed by atoms with Gasteiger partial charge < -0.3 is 10.4 Å². The molecule has 0 radical (unpaired) electrons. The third kappa shape index (κ3) is 2.88. The van der Waals surface area contributed by atoms with Crippen LogP contribution in [0.25, 0.3) is 0 Å². The predicted octanol–water partition coefficient (Wildman–Crippen LogP) is 2.87. The topological polar surface area (TPSA) is 49.3 Å². The molecule has 3 heteroatoms. The van der Waals surface area contributed by atoms with Crippen LogP contribution in [-0.4, -0.2) is 23.7 Å². The van der Waals surface area contributed by atoms with Gasteiger partial charge in [-0.1, -0.05) is 6.92 Å². The first-order chi connectivity index (χ1) is 9.62. The fraction of sp³-hybridized carbons (Fsp3) is 0.941. The molecule has 1 atom stereocenters. The van der Waals surface area contributed by atoms with Gasteiger partial charge >= 0.3 is 0 Å². The summed E-state index contributed by atoms with van der Waals surface area (Å²) >= 11 is 0. The molecule has 114 valence electrons. The molecule has 1 amide bonds. The Morgan fingerprint density at radius 1 is 1.20 bits per heavy atom. The first-order valence-corrected chi connectivity index (χ1v) is 8.52. The summed E-state index contributed by atoms with van der Waals surface area (Å²) in [5, 5.41) is 12.2. The van der Waals surface area contributed by atoms with E-state index >= 15 is 0 Å². The maximum Gasteiger partial charge on any atom is 0.220 e. The van der Waals surface area contributed by atoms with Crippen molar-refractivity contribution in [3.05, 3.63) is 0 Å². The number of aliphatic hydroxyl groups excluding tert-OH is 1.